The molecule has 0 bridgehead atoms. The number of nitrogens with zero attached hydrogens (tertiary/aromatic N) is 4. The first-order chi connectivity index (χ1) is 8.74. The van der Waals surface area contributed by atoms with Crippen LogP contribution in [0.4, 0.5) is 0 Å². The molecule has 0 fully saturated rings. The molecule has 0 saturated heterocycles. The third-order valence-corrected chi connectivity index (χ3v) is 2.64. The average Bonchev–Trinajstić information content (AvgIpc) is 2.40. The van der Waals surface area contributed by atoms with Gasteiger partial charge in [0.15, 0.2) is 11.6 Å². The first kappa shape index (κ1) is 12.6. The van der Waals surface area contributed by atoms with Gasteiger partial charge in [-0.15, -0.1) is 0 Å². The summed E-state index contributed by atoms with van der Waals surface area (Å²) in [6, 6.07) is 0. The first-order valence-electron chi connectivity index (χ1n) is 6.08. The van der Waals surface area contributed by atoms with Crippen LogP contribution in [0.5, 0.6) is 0 Å². The summed E-state index contributed by atoms with van der Waals surface area (Å²) in [5.41, 5.74) is 8.69. The van der Waals surface area contributed by atoms with Crippen LogP contribution in [0, 0.1) is 6.92 Å². The van der Waals surface area contributed by atoms with E-state index in [9.17, 15) is 0 Å². The molecule has 0 amide bonds. The smallest absolute Gasteiger partial charge is 0.197 e. The molecule has 0 unspecified atom stereocenters. The third kappa shape index (κ3) is 2.68. The number of rotatable bonds is 4. The summed E-state index contributed by atoms with van der Waals surface area (Å²) >= 11 is 0. The van der Waals surface area contributed by atoms with E-state index in [-0.39, 0.29) is 0 Å². The molecule has 0 saturated carbocycles. The lowest BCUT2D eigenvalue weighted by atomic mass is 10.1. The molecule has 94 valence electrons. The van der Waals surface area contributed by atoms with E-state index in [2.05, 4.69) is 26.9 Å². The van der Waals surface area contributed by atoms with E-state index in [1.54, 1.807) is 18.6 Å². The number of aromatic nitrogens is 4. The molecule has 0 atom stereocenters. The van der Waals surface area contributed by atoms with Gasteiger partial charge in [-0.05, 0) is 18.9 Å². The highest BCUT2D eigenvalue weighted by Crippen LogP contribution is 2.13. The van der Waals surface area contributed by atoms with Crippen molar-refractivity contribution in [2.45, 2.75) is 33.2 Å². The molecule has 18 heavy (non-hydrogen) atoms. The van der Waals surface area contributed by atoms with Gasteiger partial charge in [0, 0.05) is 36.4 Å². The third-order valence-electron chi connectivity index (χ3n) is 2.64. The summed E-state index contributed by atoms with van der Waals surface area (Å²) in [5.74, 6) is 1.12. The molecule has 5 heteroatoms. The fourth-order valence-electron chi connectivity index (χ4n) is 1.68. The number of hydrogen-bond acceptors (Lipinski definition) is 5. The van der Waals surface area contributed by atoms with E-state index in [0.717, 1.165) is 29.7 Å². The molecule has 0 spiro atoms. The number of hydrogen-bond donors (Lipinski definition) is 1. The van der Waals surface area contributed by atoms with Gasteiger partial charge in [0.2, 0.25) is 0 Å². The molecule has 2 N–H and O–H groups in total. The Morgan fingerprint density at radius 3 is 2.33 bits per heavy atom. The predicted octanol–water partition coefficient (Wildman–Crippen LogP) is 1.65. The van der Waals surface area contributed by atoms with Crippen LogP contribution in [0.2, 0.25) is 0 Å². The zero-order valence-electron chi connectivity index (χ0n) is 10.7. The summed E-state index contributed by atoms with van der Waals surface area (Å²) in [6.07, 6.45) is 7.23. The second-order valence-electron chi connectivity index (χ2n) is 4.20. The minimum absolute atomic E-state index is 0.463. The van der Waals surface area contributed by atoms with Crippen LogP contribution in [-0.4, -0.2) is 19.9 Å². The highest BCUT2D eigenvalue weighted by atomic mass is 15.0. The lowest BCUT2D eigenvalue weighted by molar-refractivity contribution is 0.837. The molecule has 0 radical (unpaired) electrons. The summed E-state index contributed by atoms with van der Waals surface area (Å²) in [7, 11) is 0. The Hall–Kier alpha value is -1.88. The van der Waals surface area contributed by atoms with Crippen molar-refractivity contribution < 1.29 is 0 Å². The predicted molar refractivity (Wildman–Crippen MR) is 69.7 cm³/mol. The van der Waals surface area contributed by atoms with Gasteiger partial charge in [-0.2, -0.15) is 0 Å². The van der Waals surface area contributed by atoms with Gasteiger partial charge in [-0.25, -0.2) is 19.9 Å². The number of aryl methyl sites for hydroxylation is 2. The Morgan fingerprint density at radius 1 is 1.06 bits per heavy atom. The van der Waals surface area contributed by atoms with Crippen LogP contribution in [0.1, 0.15) is 30.2 Å². The van der Waals surface area contributed by atoms with Crippen molar-refractivity contribution in [1.82, 2.24) is 19.9 Å². The van der Waals surface area contributed by atoms with Crippen LogP contribution in [-0.2, 0) is 13.0 Å². The number of nitrogens with two attached hydrogens (primary N) is 1. The molecule has 0 aliphatic carbocycles. The van der Waals surface area contributed by atoms with E-state index in [1.165, 1.54) is 0 Å². The Morgan fingerprint density at radius 2 is 1.72 bits per heavy atom. The summed E-state index contributed by atoms with van der Waals surface area (Å²) in [4.78, 5) is 17.3. The Kier molecular flexibility index (Phi) is 3.94. The van der Waals surface area contributed by atoms with Crippen molar-refractivity contribution in [3.63, 3.8) is 0 Å². The fourth-order valence-corrected chi connectivity index (χ4v) is 1.68. The van der Waals surface area contributed by atoms with E-state index >= 15 is 0 Å². The Balaban J connectivity index is 2.39. The molecular formula is C13H17N5. The van der Waals surface area contributed by atoms with Crippen molar-refractivity contribution in [2.24, 2.45) is 5.73 Å². The molecule has 0 aliphatic heterocycles. The molecule has 2 aromatic heterocycles. The molecule has 2 aromatic rings. The maximum Gasteiger partial charge on any atom is 0.197 e. The molecule has 0 aromatic carbocycles. The zero-order valence-corrected chi connectivity index (χ0v) is 10.7. The summed E-state index contributed by atoms with van der Waals surface area (Å²) < 4.78 is 0. The minimum Gasteiger partial charge on any atom is -0.326 e. The molecule has 0 aliphatic rings. The van der Waals surface area contributed by atoms with Gasteiger partial charge in [0.1, 0.15) is 0 Å². The SMILES string of the molecule is CCCc1nc(-c2ncc(C)cn2)ncc1CN. The molecule has 5 nitrogen and oxygen atoms in total. The molecule has 2 rings (SSSR count). The van der Waals surface area contributed by atoms with Crippen LogP contribution in [0.25, 0.3) is 11.6 Å². The van der Waals surface area contributed by atoms with Gasteiger partial charge < -0.3 is 5.73 Å². The normalized spacial score (nSPS) is 10.6. The summed E-state index contributed by atoms with van der Waals surface area (Å²) in [5, 5.41) is 0. The van der Waals surface area contributed by atoms with E-state index in [0.29, 0.717) is 18.2 Å². The van der Waals surface area contributed by atoms with Crippen molar-refractivity contribution in [3.8, 4) is 11.6 Å². The van der Waals surface area contributed by atoms with Crippen LogP contribution < -0.4 is 5.73 Å². The lowest BCUT2D eigenvalue weighted by Gasteiger charge is -2.07. The first-order valence-corrected chi connectivity index (χ1v) is 6.08. The maximum atomic E-state index is 5.68. The molecule has 2 heterocycles. The van der Waals surface area contributed by atoms with E-state index in [1.807, 2.05) is 6.92 Å². The quantitative estimate of drug-likeness (QED) is 0.883. The maximum absolute atomic E-state index is 5.68. The van der Waals surface area contributed by atoms with Crippen molar-refractivity contribution in [1.29, 1.82) is 0 Å². The van der Waals surface area contributed by atoms with E-state index < -0.39 is 0 Å². The fraction of sp³-hybridized carbons (Fsp3) is 0.385. The Bertz CT molecular complexity index is 521. The molecular weight excluding hydrogens is 226 g/mol. The largest absolute Gasteiger partial charge is 0.326 e. The van der Waals surface area contributed by atoms with Gasteiger partial charge in [0.25, 0.3) is 0 Å². The minimum atomic E-state index is 0.463. The van der Waals surface area contributed by atoms with Gasteiger partial charge >= 0.3 is 0 Å². The van der Waals surface area contributed by atoms with Crippen molar-refractivity contribution in [2.75, 3.05) is 0 Å². The van der Waals surface area contributed by atoms with E-state index in [4.69, 9.17) is 5.73 Å². The highest BCUT2D eigenvalue weighted by Gasteiger charge is 2.09. The van der Waals surface area contributed by atoms with Crippen LogP contribution in [0.3, 0.4) is 0 Å². The van der Waals surface area contributed by atoms with Crippen molar-refractivity contribution in [3.05, 3.63) is 35.4 Å². The second-order valence-corrected chi connectivity index (χ2v) is 4.20. The average molecular weight is 243 g/mol. The Labute approximate surface area is 107 Å². The monoisotopic (exact) mass is 243 g/mol. The van der Waals surface area contributed by atoms with Crippen molar-refractivity contribution >= 4 is 0 Å². The lowest BCUT2D eigenvalue weighted by Crippen LogP contribution is -2.07. The topological polar surface area (TPSA) is 77.6 Å². The zero-order chi connectivity index (χ0) is 13.0. The van der Waals surface area contributed by atoms with Crippen LogP contribution >= 0.6 is 0 Å². The standard InChI is InChI=1S/C13H17N5/c1-3-4-11-10(5-14)8-17-13(18-11)12-15-6-9(2)7-16-12/h6-8H,3-5,14H2,1-2H3. The van der Waals surface area contributed by atoms with Gasteiger partial charge in [-0.1, -0.05) is 13.3 Å². The second kappa shape index (κ2) is 5.64. The van der Waals surface area contributed by atoms with Gasteiger partial charge in [-0.3, -0.25) is 0 Å². The highest BCUT2D eigenvalue weighted by molar-refractivity contribution is 5.43. The summed E-state index contributed by atoms with van der Waals surface area (Å²) in [6.45, 7) is 4.53. The van der Waals surface area contributed by atoms with Crippen LogP contribution in [0.15, 0.2) is 18.6 Å². The van der Waals surface area contributed by atoms with Gasteiger partial charge in [0.05, 0.1) is 0 Å².